The molecule has 4 rings (SSSR count). The molecule has 0 fully saturated rings. The summed E-state index contributed by atoms with van der Waals surface area (Å²) in [6.45, 7) is 2.94. The fourth-order valence-corrected chi connectivity index (χ4v) is 6.08. The normalized spacial score (nSPS) is 15.8. The number of methoxy groups -OCH3 is 1. The minimum Gasteiger partial charge on any atom is -0.486 e. The molecule has 41 heavy (non-hydrogen) atoms. The lowest BCUT2D eigenvalue weighted by Gasteiger charge is -2.36. The molecule has 1 aromatic heterocycles. The van der Waals surface area contributed by atoms with Gasteiger partial charge >= 0.3 is 5.97 Å². The Balaban J connectivity index is 1.77. The number of aliphatic hydroxyl groups excluding tert-OH is 1. The van der Waals surface area contributed by atoms with E-state index in [1.165, 1.54) is 48.8 Å². The van der Waals surface area contributed by atoms with E-state index < -0.39 is 34.0 Å². The van der Waals surface area contributed by atoms with Crippen LogP contribution in [0.3, 0.4) is 0 Å². The molecule has 0 amide bonds. The zero-order valence-electron chi connectivity index (χ0n) is 22.7. The molecule has 0 bridgehead atoms. The Hall–Kier alpha value is -3.67. The number of rotatable bonds is 10. The van der Waals surface area contributed by atoms with Crippen molar-refractivity contribution in [3.05, 3.63) is 76.2 Å². The highest BCUT2D eigenvalue weighted by molar-refractivity contribution is 7.93. The zero-order valence-corrected chi connectivity index (χ0v) is 24.3. The molecule has 0 unspecified atom stereocenters. The van der Waals surface area contributed by atoms with Gasteiger partial charge in [0.15, 0.2) is 0 Å². The molecule has 0 saturated carbocycles. The van der Waals surface area contributed by atoms with Crippen molar-refractivity contribution >= 4 is 45.4 Å². The van der Waals surface area contributed by atoms with Crippen LogP contribution in [0.4, 0.5) is 10.1 Å². The van der Waals surface area contributed by atoms with Crippen LogP contribution in [0.25, 0.3) is 12.2 Å². The second-order valence-electron chi connectivity index (χ2n) is 9.56. The van der Waals surface area contributed by atoms with E-state index in [9.17, 15) is 22.7 Å². The third-order valence-electron chi connectivity index (χ3n) is 6.24. The third-order valence-corrected chi connectivity index (χ3v) is 8.34. The predicted octanol–water partition coefficient (Wildman–Crippen LogP) is 5.02. The number of aromatic nitrogens is 1. The van der Waals surface area contributed by atoms with Crippen molar-refractivity contribution in [1.29, 1.82) is 0 Å². The van der Waals surface area contributed by atoms with Crippen molar-refractivity contribution in [2.75, 3.05) is 24.6 Å². The first-order valence-electron chi connectivity index (χ1n) is 12.8. The number of carbonyl (C=O) groups excluding carboxylic acids is 1. The number of hydrogen-bond acceptors (Lipinski definition) is 8. The summed E-state index contributed by atoms with van der Waals surface area (Å²) in [7, 11) is -3.01. The maximum absolute atomic E-state index is 14.3. The highest BCUT2D eigenvalue weighted by Gasteiger charge is 2.37. The van der Waals surface area contributed by atoms with Gasteiger partial charge in [0, 0.05) is 18.2 Å². The molecule has 2 atom stereocenters. The van der Waals surface area contributed by atoms with Gasteiger partial charge < -0.3 is 19.3 Å². The quantitative estimate of drug-likeness (QED) is 0.253. The fourth-order valence-electron chi connectivity index (χ4n) is 4.18. The van der Waals surface area contributed by atoms with E-state index >= 15 is 0 Å². The van der Waals surface area contributed by atoms with Gasteiger partial charge in [0.2, 0.25) is 5.88 Å². The van der Waals surface area contributed by atoms with Gasteiger partial charge in [0.1, 0.15) is 29.2 Å². The van der Waals surface area contributed by atoms with Crippen LogP contribution in [0, 0.1) is 12.7 Å². The highest BCUT2D eigenvalue weighted by Crippen LogP contribution is 2.40. The number of ether oxygens (including phenoxy) is 3. The topological polar surface area (TPSA) is 115 Å². The van der Waals surface area contributed by atoms with E-state index in [1.54, 1.807) is 37.3 Å². The SMILES string of the molecule is COC(=O)CC[C@H]1CN(S(=O)(=O)c2cc(C)cnc2OC[C@@H](C)O)c2cc(/C=C/c3c(F)cccc3Cl)ccc2O1. The number of carbonyl (C=O) groups is 1. The summed E-state index contributed by atoms with van der Waals surface area (Å²) in [6.07, 6.45) is 3.33. The lowest BCUT2D eigenvalue weighted by atomic mass is 10.1. The number of sulfonamides is 1. The minimum absolute atomic E-state index is 0.0311. The molecular weight excluding hydrogens is 575 g/mol. The third kappa shape index (κ3) is 7.16. The van der Waals surface area contributed by atoms with Crippen molar-refractivity contribution < 1.29 is 36.9 Å². The summed E-state index contributed by atoms with van der Waals surface area (Å²) in [4.78, 5) is 15.8. The monoisotopic (exact) mass is 604 g/mol. The molecule has 0 aliphatic carbocycles. The maximum atomic E-state index is 14.3. The fraction of sp³-hybridized carbons (Fsp3) is 0.310. The number of esters is 1. The number of pyridine rings is 1. The minimum atomic E-state index is -4.29. The van der Waals surface area contributed by atoms with E-state index in [0.717, 1.165) is 0 Å². The molecule has 1 N–H and O–H groups in total. The Morgan fingerprint density at radius 1 is 1.29 bits per heavy atom. The van der Waals surface area contributed by atoms with Gasteiger partial charge in [0.05, 0.1) is 30.5 Å². The molecule has 1 aliphatic heterocycles. The van der Waals surface area contributed by atoms with Gasteiger partial charge in [-0.2, -0.15) is 0 Å². The second-order valence-corrected chi connectivity index (χ2v) is 11.8. The highest BCUT2D eigenvalue weighted by atomic mass is 35.5. The Morgan fingerprint density at radius 3 is 2.78 bits per heavy atom. The van der Waals surface area contributed by atoms with Crippen molar-refractivity contribution in [2.24, 2.45) is 0 Å². The number of aliphatic hydroxyl groups is 1. The molecular formula is C29H30ClFN2O7S. The van der Waals surface area contributed by atoms with E-state index in [2.05, 4.69) is 4.98 Å². The standard InChI is InChI=1S/C29H30ClFN2O7S/c1-18-13-27(29(32-15-18)39-17-19(2)34)41(36,37)33-16-21(9-12-28(35)38-3)40-26-11-8-20(14-25(26)33)7-10-22-23(30)5-4-6-24(22)31/h4-8,10-11,13-15,19,21,34H,9,12,16-17H2,1-3H3/b10-7+/t19-,21+/m1/s1. The number of aryl methyl sites for hydroxylation is 1. The zero-order chi connectivity index (χ0) is 29.7. The summed E-state index contributed by atoms with van der Waals surface area (Å²) in [6, 6.07) is 10.7. The number of hydrogen-bond donors (Lipinski definition) is 1. The molecule has 0 spiro atoms. The van der Waals surface area contributed by atoms with E-state index in [-0.39, 0.29) is 58.8 Å². The molecule has 0 radical (unpaired) electrons. The predicted molar refractivity (Wildman–Crippen MR) is 153 cm³/mol. The van der Waals surface area contributed by atoms with Crippen LogP contribution >= 0.6 is 11.6 Å². The molecule has 1 aliphatic rings. The van der Waals surface area contributed by atoms with Crippen LogP contribution in [-0.2, 0) is 19.6 Å². The van der Waals surface area contributed by atoms with Gasteiger partial charge in [-0.3, -0.25) is 9.10 Å². The number of anilines is 1. The molecule has 2 aromatic carbocycles. The average Bonchev–Trinajstić information content (AvgIpc) is 2.94. The van der Waals surface area contributed by atoms with E-state index in [0.29, 0.717) is 11.1 Å². The summed E-state index contributed by atoms with van der Waals surface area (Å²) in [5, 5.41) is 9.93. The Kier molecular flexibility index (Phi) is 9.52. The maximum Gasteiger partial charge on any atom is 0.305 e. The van der Waals surface area contributed by atoms with Crippen LogP contribution in [0.15, 0.2) is 53.6 Å². The van der Waals surface area contributed by atoms with Gasteiger partial charge in [-0.05, 0) is 67.8 Å². The van der Waals surface area contributed by atoms with E-state index in [4.69, 9.17) is 25.8 Å². The first kappa shape index (κ1) is 30.3. The summed E-state index contributed by atoms with van der Waals surface area (Å²) < 4.78 is 60.3. The first-order chi connectivity index (χ1) is 19.5. The molecule has 9 nitrogen and oxygen atoms in total. The first-order valence-corrected chi connectivity index (χ1v) is 14.6. The molecule has 3 aromatic rings. The number of benzene rings is 2. The van der Waals surface area contributed by atoms with Crippen LogP contribution in [-0.4, -0.2) is 56.9 Å². The Bertz CT molecular complexity index is 1540. The Labute approximate surface area is 243 Å². The van der Waals surface area contributed by atoms with Crippen molar-refractivity contribution in [2.45, 2.75) is 43.8 Å². The number of nitrogens with zero attached hydrogens (tertiary/aromatic N) is 2. The largest absolute Gasteiger partial charge is 0.486 e. The van der Waals surface area contributed by atoms with Crippen LogP contribution in [0.5, 0.6) is 11.6 Å². The summed E-state index contributed by atoms with van der Waals surface area (Å²) in [5.74, 6) is -0.814. The van der Waals surface area contributed by atoms with Crippen molar-refractivity contribution in [1.82, 2.24) is 4.98 Å². The second kappa shape index (κ2) is 12.9. The van der Waals surface area contributed by atoms with Gasteiger partial charge in [0.25, 0.3) is 10.0 Å². The van der Waals surface area contributed by atoms with Gasteiger partial charge in [-0.25, -0.2) is 17.8 Å². The van der Waals surface area contributed by atoms with Crippen molar-refractivity contribution in [3.63, 3.8) is 0 Å². The average molecular weight is 605 g/mol. The molecule has 0 saturated heterocycles. The van der Waals surface area contributed by atoms with Gasteiger partial charge in [-0.1, -0.05) is 29.8 Å². The van der Waals surface area contributed by atoms with Gasteiger partial charge in [-0.15, -0.1) is 0 Å². The van der Waals surface area contributed by atoms with Crippen LogP contribution in [0.1, 0.15) is 36.5 Å². The molecule has 218 valence electrons. The van der Waals surface area contributed by atoms with Crippen LogP contribution in [0.2, 0.25) is 5.02 Å². The smallest absolute Gasteiger partial charge is 0.305 e. The molecule has 2 heterocycles. The number of halogens is 2. The lowest BCUT2D eigenvalue weighted by Crippen LogP contribution is -2.44. The number of fused-ring (bicyclic) bond motifs is 1. The summed E-state index contributed by atoms with van der Waals surface area (Å²) in [5.41, 5.74) is 1.58. The molecule has 12 heteroatoms. The Morgan fingerprint density at radius 2 is 2.07 bits per heavy atom. The summed E-state index contributed by atoms with van der Waals surface area (Å²) >= 11 is 6.15. The van der Waals surface area contributed by atoms with Crippen molar-refractivity contribution in [3.8, 4) is 11.6 Å². The lowest BCUT2D eigenvalue weighted by molar-refractivity contribution is -0.141. The van der Waals surface area contributed by atoms with Crippen LogP contribution < -0.4 is 13.8 Å². The van der Waals surface area contributed by atoms with E-state index in [1.807, 2.05) is 0 Å².